The Hall–Kier alpha value is -1.79. The van der Waals surface area contributed by atoms with E-state index in [1.807, 2.05) is 4.90 Å². The summed E-state index contributed by atoms with van der Waals surface area (Å²) in [4.78, 5) is 29.1. The third-order valence-electron chi connectivity index (χ3n) is 5.35. The molecule has 2 aliphatic heterocycles. The number of amides is 1. The van der Waals surface area contributed by atoms with Crippen LogP contribution >= 0.6 is 0 Å². The van der Waals surface area contributed by atoms with Gasteiger partial charge in [0, 0.05) is 44.6 Å². The van der Waals surface area contributed by atoms with E-state index >= 15 is 0 Å². The number of carbonyl (C=O) groups excluding carboxylic acids is 2. The van der Waals surface area contributed by atoms with Crippen molar-refractivity contribution in [3.63, 3.8) is 0 Å². The summed E-state index contributed by atoms with van der Waals surface area (Å²) in [6, 6.07) is 5.48. The fourth-order valence-corrected chi connectivity index (χ4v) is 3.82. The Morgan fingerprint density at radius 2 is 1.74 bits per heavy atom. The van der Waals surface area contributed by atoms with Crippen LogP contribution in [0.4, 0.5) is 4.39 Å². The molecule has 0 radical (unpaired) electrons. The number of ketones is 1. The quantitative estimate of drug-likeness (QED) is 0.717. The molecule has 0 bridgehead atoms. The lowest BCUT2D eigenvalue weighted by Crippen LogP contribution is -2.43. The van der Waals surface area contributed by atoms with Gasteiger partial charge >= 0.3 is 0 Å². The van der Waals surface area contributed by atoms with Crippen LogP contribution < -0.4 is 0 Å². The van der Waals surface area contributed by atoms with Gasteiger partial charge in [-0.05, 0) is 56.6 Å². The molecule has 148 valence electrons. The number of piperidine rings is 1. The van der Waals surface area contributed by atoms with Crippen LogP contribution in [0.1, 0.15) is 48.9 Å². The van der Waals surface area contributed by atoms with E-state index in [9.17, 15) is 14.0 Å². The Balaban J connectivity index is 1.48. The minimum Gasteiger partial charge on any atom is -0.375 e. The van der Waals surface area contributed by atoms with Crippen molar-refractivity contribution < 1.29 is 18.7 Å². The highest BCUT2D eigenvalue weighted by molar-refractivity contribution is 5.97. The number of hydrogen-bond donors (Lipinski definition) is 0. The molecule has 0 spiro atoms. The van der Waals surface area contributed by atoms with Crippen LogP contribution in [0.5, 0.6) is 0 Å². The van der Waals surface area contributed by atoms with Gasteiger partial charge < -0.3 is 14.5 Å². The lowest BCUT2D eigenvalue weighted by atomic mass is 10.1. The average molecular weight is 376 g/mol. The third kappa shape index (κ3) is 6.11. The first kappa shape index (κ1) is 20.0. The smallest absolute Gasteiger partial charge is 0.223 e. The average Bonchev–Trinajstić information content (AvgIpc) is 2.93. The van der Waals surface area contributed by atoms with Crippen molar-refractivity contribution >= 4 is 11.7 Å². The van der Waals surface area contributed by atoms with Gasteiger partial charge in [0.05, 0.1) is 6.10 Å². The lowest BCUT2D eigenvalue weighted by Gasteiger charge is -2.31. The number of rotatable bonds is 6. The highest BCUT2D eigenvalue weighted by Crippen LogP contribution is 2.15. The molecule has 2 aliphatic rings. The third-order valence-corrected chi connectivity index (χ3v) is 5.35. The fraction of sp³-hybridized carbons (Fsp3) is 0.619. The van der Waals surface area contributed by atoms with Gasteiger partial charge in [-0.25, -0.2) is 4.39 Å². The van der Waals surface area contributed by atoms with Crippen LogP contribution in [0.15, 0.2) is 24.3 Å². The van der Waals surface area contributed by atoms with Gasteiger partial charge in [0.15, 0.2) is 5.78 Å². The number of halogens is 1. The topological polar surface area (TPSA) is 49.9 Å². The summed E-state index contributed by atoms with van der Waals surface area (Å²) in [5.41, 5.74) is 0.450. The molecule has 0 N–H and O–H groups in total. The summed E-state index contributed by atoms with van der Waals surface area (Å²) >= 11 is 0. The van der Waals surface area contributed by atoms with Crippen LogP contribution in [0.25, 0.3) is 0 Å². The monoisotopic (exact) mass is 376 g/mol. The molecule has 5 nitrogen and oxygen atoms in total. The minimum atomic E-state index is -0.369. The molecule has 2 heterocycles. The number of nitrogens with zero attached hydrogens (tertiary/aromatic N) is 2. The molecule has 1 aromatic carbocycles. The first-order chi connectivity index (χ1) is 13.1. The van der Waals surface area contributed by atoms with Gasteiger partial charge in [-0.15, -0.1) is 0 Å². The Bertz CT molecular complexity index is 629. The second kappa shape index (κ2) is 9.95. The van der Waals surface area contributed by atoms with Crippen LogP contribution in [-0.2, 0) is 9.53 Å². The molecule has 1 atom stereocenters. The van der Waals surface area contributed by atoms with E-state index in [0.29, 0.717) is 25.3 Å². The molecule has 1 amide bonds. The van der Waals surface area contributed by atoms with Gasteiger partial charge in [0.1, 0.15) is 5.82 Å². The Kier molecular flexibility index (Phi) is 7.35. The second-order valence-corrected chi connectivity index (χ2v) is 7.48. The predicted molar refractivity (Wildman–Crippen MR) is 101 cm³/mol. The molecule has 2 fully saturated rings. The first-order valence-corrected chi connectivity index (χ1v) is 10.0. The molecule has 6 heteroatoms. The van der Waals surface area contributed by atoms with Crippen molar-refractivity contribution in [2.75, 3.05) is 39.3 Å². The summed E-state index contributed by atoms with van der Waals surface area (Å²) in [5, 5.41) is 0. The summed E-state index contributed by atoms with van der Waals surface area (Å²) in [5.74, 6) is -0.495. The summed E-state index contributed by atoms with van der Waals surface area (Å²) in [6.45, 7) is 5.05. The fourth-order valence-electron chi connectivity index (χ4n) is 3.82. The molecule has 1 aromatic rings. The zero-order valence-electron chi connectivity index (χ0n) is 15.9. The molecular formula is C21H29FN2O3. The SMILES string of the molecule is O=C(CCC(=O)N1CCCO[C@H](CN2CCCCC2)C1)c1ccc(F)cc1. The molecule has 0 aromatic heterocycles. The van der Waals surface area contributed by atoms with Gasteiger partial charge in [0.2, 0.25) is 5.91 Å². The van der Waals surface area contributed by atoms with Crippen molar-refractivity contribution in [3.8, 4) is 0 Å². The zero-order valence-corrected chi connectivity index (χ0v) is 15.9. The maximum Gasteiger partial charge on any atom is 0.223 e. The van der Waals surface area contributed by atoms with Gasteiger partial charge in [-0.3, -0.25) is 9.59 Å². The van der Waals surface area contributed by atoms with Crippen molar-refractivity contribution in [3.05, 3.63) is 35.6 Å². The summed E-state index contributed by atoms with van der Waals surface area (Å²) in [6.07, 6.45) is 4.98. The molecule has 2 saturated heterocycles. The van der Waals surface area contributed by atoms with E-state index in [0.717, 1.165) is 26.1 Å². The minimum absolute atomic E-state index is 0.000365. The Morgan fingerprint density at radius 1 is 1.00 bits per heavy atom. The lowest BCUT2D eigenvalue weighted by molar-refractivity contribution is -0.132. The molecule has 0 aliphatic carbocycles. The molecular weight excluding hydrogens is 347 g/mol. The van der Waals surface area contributed by atoms with Gasteiger partial charge in [-0.1, -0.05) is 6.42 Å². The maximum absolute atomic E-state index is 13.0. The molecule has 3 rings (SSSR count). The van der Waals surface area contributed by atoms with Crippen LogP contribution in [0.2, 0.25) is 0 Å². The number of benzene rings is 1. The van der Waals surface area contributed by atoms with E-state index in [4.69, 9.17) is 4.74 Å². The van der Waals surface area contributed by atoms with E-state index in [1.54, 1.807) is 0 Å². The summed E-state index contributed by atoms with van der Waals surface area (Å²) in [7, 11) is 0. The van der Waals surface area contributed by atoms with Crippen molar-refractivity contribution in [1.82, 2.24) is 9.80 Å². The van der Waals surface area contributed by atoms with Gasteiger partial charge in [-0.2, -0.15) is 0 Å². The van der Waals surface area contributed by atoms with E-state index in [1.165, 1.54) is 43.5 Å². The molecule has 0 unspecified atom stereocenters. The predicted octanol–water partition coefficient (Wildman–Crippen LogP) is 2.89. The maximum atomic E-state index is 13.0. The zero-order chi connectivity index (χ0) is 19.1. The van der Waals surface area contributed by atoms with E-state index < -0.39 is 0 Å². The van der Waals surface area contributed by atoms with E-state index in [2.05, 4.69) is 4.90 Å². The second-order valence-electron chi connectivity index (χ2n) is 7.48. The molecule has 0 saturated carbocycles. The number of hydrogen-bond acceptors (Lipinski definition) is 4. The Labute approximate surface area is 160 Å². The van der Waals surface area contributed by atoms with Crippen molar-refractivity contribution in [2.24, 2.45) is 0 Å². The molecule has 27 heavy (non-hydrogen) atoms. The Morgan fingerprint density at radius 3 is 2.48 bits per heavy atom. The first-order valence-electron chi connectivity index (χ1n) is 10.0. The van der Waals surface area contributed by atoms with Crippen LogP contribution in [0.3, 0.4) is 0 Å². The standard InChI is InChI=1S/C21H29FN2O3/c22-18-7-5-17(6-8-18)20(25)9-10-21(26)24-13-4-14-27-19(16-24)15-23-11-2-1-3-12-23/h5-8,19H,1-4,9-16H2/t19-/m1/s1. The number of ether oxygens (including phenoxy) is 1. The van der Waals surface area contributed by atoms with Gasteiger partial charge in [0.25, 0.3) is 0 Å². The van der Waals surface area contributed by atoms with Crippen molar-refractivity contribution in [2.45, 2.75) is 44.6 Å². The highest BCUT2D eigenvalue weighted by Gasteiger charge is 2.25. The number of carbonyl (C=O) groups is 2. The normalized spacial score (nSPS) is 21.7. The summed E-state index contributed by atoms with van der Waals surface area (Å²) < 4.78 is 18.9. The highest BCUT2D eigenvalue weighted by atomic mass is 19.1. The van der Waals surface area contributed by atoms with Crippen LogP contribution in [-0.4, -0.2) is 66.9 Å². The number of Topliss-reactive ketones (excluding diaryl/α,β-unsaturated/α-hetero) is 1. The number of likely N-dealkylation sites (tertiary alicyclic amines) is 1. The van der Waals surface area contributed by atoms with Crippen molar-refractivity contribution in [1.29, 1.82) is 0 Å². The van der Waals surface area contributed by atoms with Crippen LogP contribution in [0, 0.1) is 5.82 Å². The van der Waals surface area contributed by atoms with E-state index in [-0.39, 0.29) is 36.5 Å². The largest absolute Gasteiger partial charge is 0.375 e.